The van der Waals surface area contributed by atoms with Crippen LogP contribution in [0.4, 0.5) is 4.39 Å². The van der Waals surface area contributed by atoms with Crippen molar-refractivity contribution in [1.82, 2.24) is 15.2 Å². The second-order valence-electron chi connectivity index (χ2n) is 7.58. The summed E-state index contributed by atoms with van der Waals surface area (Å²) in [5.41, 5.74) is 1.42. The smallest absolute Gasteiger partial charge is 0.222 e. The molecule has 0 spiro atoms. The number of halogens is 1. The number of aromatic nitrogens is 1. The van der Waals surface area contributed by atoms with E-state index >= 15 is 0 Å². The Morgan fingerprint density at radius 1 is 1.14 bits per heavy atom. The summed E-state index contributed by atoms with van der Waals surface area (Å²) in [6.45, 7) is 1.70. The first-order valence-corrected chi connectivity index (χ1v) is 10.3. The molecule has 0 aliphatic carbocycles. The molecule has 0 saturated carbocycles. The van der Waals surface area contributed by atoms with Gasteiger partial charge in [0.2, 0.25) is 11.8 Å². The van der Waals surface area contributed by atoms with Gasteiger partial charge in [0.1, 0.15) is 5.82 Å². The maximum absolute atomic E-state index is 13.6. The number of hydrogen-bond acceptors (Lipinski definition) is 3. The maximum Gasteiger partial charge on any atom is 0.222 e. The molecule has 2 heterocycles. The second-order valence-corrected chi connectivity index (χ2v) is 7.58. The molecular weight excluding hydrogens is 369 g/mol. The highest BCUT2D eigenvalue weighted by Crippen LogP contribution is 2.22. The van der Waals surface area contributed by atoms with Gasteiger partial charge in [0.25, 0.3) is 0 Å². The molecule has 1 unspecified atom stereocenters. The van der Waals surface area contributed by atoms with E-state index in [0.29, 0.717) is 37.3 Å². The fraction of sp³-hybridized carbons (Fsp3) is 0.435. The molecule has 1 aromatic carbocycles. The second kappa shape index (κ2) is 10.7. The van der Waals surface area contributed by atoms with Crippen LogP contribution < -0.4 is 5.32 Å². The Bertz CT molecular complexity index is 813. The van der Waals surface area contributed by atoms with E-state index in [-0.39, 0.29) is 24.2 Å². The van der Waals surface area contributed by atoms with Crippen molar-refractivity contribution >= 4 is 11.8 Å². The average Bonchev–Trinajstić information content (AvgIpc) is 2.76. The van der Waals surface area contributed by atoms with E-state index < -0.39 is 0 Å². The Balaban J connectivity index is 1.38. The predicted molar refractivity (Wildman–Crippen MR) is 109 cm³/mol. The highest BCUT2D eigenvalue weighted by molar-refractivity contribution is 5.77. The van der Waals surface area contributed by atoms with Gasteiger partial charge >= 0.3 is 0 Å². The molecule has 2 amide bonds. The number of hydrogen-bond donors (Lipinski definition) is 1. The van der Waals surface area contributed by atoms with Gasteiger partial charge in [-0.05, 0) is 49.8 Å². The monoisotopic (exact) mass is 397 g/mol. The molecule has 1 N–H and O–H groups in total. The number of carbonyl (C=O) groups is 2. The normalized spacial score (nSPS) is 16.4. The summed E-state index contributed by atoms with van der Waals surface area (Å²) in [5.74, 6) is 0.109. The number of rotatable bonds is 8. The van der Waals surface area contributed by atoms with Crippen molar-refractivity contribution in [3.63, 3.8) is 0 Å². The Kier molecular flexibility index (Phi) is 7.73. The van der Waals surface area contributed by atoms with Crippen LogP contribution in [0.15, 0.2) is 48.7 Å². The molecule has 5 nitrogen and oxygen atoms in total. The summed E-state index contributed by atoms with van der Waals surface area (Å²) in [7, 11) is 0. The lowest BCUT2D eigenvalue weighted by molar-refractivity contribution is -0.133. The SMILES string of the molecule is O=C(CCC1CCCN(C(=O)CCc2ccccn2)C1)NCc1ccccc1F. The number of nitrogens with one attached hydrogen (secondary N) is 1. The first kappa shape index (κ1) is 21.0. The lowest BCUT2D eigenvalue weighted by Crippen LogP contribution is -2.40. The first-order chi connectivity index (χ1) is 14.1. The standard InChI is InChI=1S/C23H28FN3O2/c24-21-9-2-1-7-19(21)16-26-22(28)12-10-18-6-5-15-27(17-18)23(29)13-11-20-8-3-4-14-25-20/h1-4,7-9,14,18H,5-6,10-13,15-17H2,(H,26,28). The third kappa shape index (κ3) is 6.66. The Morgan fingerprint density at radius 2 is 1.97 bits per heavy atom. The fourth-order valence-electron chi connectivity index (χ4n) is 3.73. The number of piperidine rings is 1. The van der Waals surface area contributed by atoms with Gasteiger partial charge in [-0.2, -0.15) is 0 Å². The van der Waals surface area contributed by atoms with Gasteiger partial charge < -0.3 is 10.2 Å². The van der Waals surface area contributed by atoms with E-state index in [0.717, 1.165) is 31.5 Å². The zero-order chi connectivity index (χ0) is 20.5. The summed E-state index contributed by atoms with van der Waals surface area (Å²) in [6, 6.07) is 12.2. The molecule has 29 heavy (non-hydrogen) atoms. The van der Waals surface area contributed by atoms with Crippen LogP contribution in [0.25, 0.3) is 0 Å². The average molecular weight is 397 g/mol. The lowest BCUT2D eigenvalue weighted by atomic mass is 9.93. The zero-order valence-corrected chi connectivity index (χ0v) is 16.6. The van der Waals surface area contributed by atoms with Crippen LogP contribution in [-0.2, 0) is 22.6 Å². The van der Waals surface area contributed by atoms with Gasteiger partial charge in [0.05, 0.1) is 0 Å². The number of benzene rings is 1. The molecular formula is C23H28FN3O2. The van der Waals surface area contributed by atoms with E-state index in [4.69, 9.17) is 0 Å². The zero-order valence-electron chi connectivity index (χ0n) is 16.6. The molecule has 1 aliphatic rings. The minimum atomic E-state index is -0.306. The molecule has 154 valence electrons. The molecule has 1 aromatic heterocycles. The first-order valence-electron chi connectivity index (χ1n) is 10.3. The molecule has 0 bridgehead atoms. The Labute approximate surface area is 171 Å². The lowest BCUT2D eigenvalue weighted by Gasteiger charge is -2.33. The predicted octanol–water partition coefficient (Wildman–Crippen LogP) is 3.49. The van der Waals surface area contributed by atoms with Gasteiger partial charge in [-0.3, -0.25) is 14.6 Å². The van der Waals surface area contributed by atoms with Crippen molar-refractivity contribution in [1.29, 1.82) is 0 Å². The van der Waals surface area contributed by atoms with Gasteiger partial charge in [0, 0.05) is 49.9 Å². The summed E-state index contributed by atoms with van der Waals surface area (Å²) in [6.07, 6.45) is 6.00. The van der Waals surface area contributed by atoms with Gasteiger partial charge in [0.15, 0.2) is 0 Å². The van der Waals surface area contributed by atoms with Crippen LogP contribution in [0.1, 0.15) is 43.4 Å². The number of carbonyl (C=O) groups excluding carboxylic acids is 2. The molecule has 3 rings (SSSR count). The van der Waals surface area contributed by atoms with Crippen LogP contribution in [0, 0.1) is 11.7 Å². The highest BCUT2D eigenvalue weighted by atomic mass is 19.1. The van der Waals surface area contributed by atoms with Crippen molar-refractivity contribution < 1.29 is 14.0 Å². The minimum absolute atomic E-state index is 0.0770. The quantitative estimate of drug-likeness (QED) is 0.742. The molecule has 1 saturated heterocycles. The molecule has 2 aromatic rings. The Morgan fingerprint density at radius 3 is 2.76 bits per heavy atom. The summed E-state index contributed by atoms with van der Waals surface area (Å²) >= 11 is 0. The minimum Gasteiger partial charge on any atom is -0.352 e. The van der Waals surface area contributed by atoms with E-state index in [9.17, 15) is 14.0 Å². The van der Waals surface area contributed by atoms with Crippen LogP contribution in [0.5, 0.6) is 0 Å². The van der Waals surface area contributed by atoms with Crippen molar-refractivity contribution in [3.8, 4) is 0 Å². The molecule has 1 aliphatic heterocycles. The number of aryl methyl sites for hydroxylation is 1. The summed E-state index contributed by atoms with van der Waals surface area (Å²) < 4.78 is 13.6. The van der Waals surface area contributed by atoms with Gasteiger partial charge in [-0.25, -0.2) is 4.39 Å². The van der Waals surface area contributed by atoms with E-state index in [1.807, 2.05) is 23.1 Å². The topological polar surface area (TPSA) is 62.3 Å². The van der Waals surface area contributed by atoms with Crippen LogP contribution in [-0.4, -0.2) is 34.8 Å². The van der Waals surface area contributed by atoms with Crippen LogP contribution in [0.3, 0.4) is 0 Å². The largest absolute Gasteiger partial charge is 0.352 e. The van der Waals surface area contributed by atoms with Gasteiger partial charge in [-0.15, -0.1) is 0 Å². The van der Waals surface area contributed by atoms with Crippen LogP contribution in [0.2, 0.25) is 0 Å². The van der Waals surface area contributed by atoms with Gasteiger partial charge in [-0.1, -0.05) is 24.3 Å². The van der Waals surface area contributed by atoms with E-state index in [2.05, 4.69) is 10.3 Å². The third-order valence-corrected chi connectivity index (χ3v) is 5.41. The van der Waals surface area contributed by atoms with Crippen molar-refractivity contribution in [2.75, 3.05) is 13.1 Å². The van der Waals surface area contributed by atoms with E-state index in [1.165, 1.54) is 6.07 Å². The maximum atomic E-state index is 13.6. The number of amides is 2. The Hall–Kier alpha value is -2.76. The molecule has 1 atom stereocenters. The third-order valence-electron chi connectivity index (χ3n) is 5.41. The van der Waals surface area contributed by atoms with Crippen molar-refractivity contribution in [2.24, 2.45) is 5.92 Å². The number of pyridine rings is 1. The van der Waals surface area contributed by atoms with Crippen molar-refractivity contribution in [2.45, 2.75) is 45.1 Å². The van der Waals surface area contributed by atoms with E-state index in [1.54, 1.807) is 24.4 Å². The number of nitrogens with zero attached hydrogens (tertiary/aromatic N) is 2. The highest BCUT2D eigenvalue weighted by Gasteiger charge is 2.24. The number of likely N-dealkylation sites (tertiary alicyclic amines) is 1. The summed E-state index contributed by atoms with van der Waals surface area (Å²) in [4.78, 5) is 30.8. The molecule has 6 heteroatoms. The van der Waals surface area contributed by atoms with Crippen molar-refractivity contribution in [3.05, 3.63) is 65.7 Å². The van der Waals surface area contributed by atoms with Crippen LogP contribution >= 0.6 is 0 Å². The summed E-state index contributed by atoms with van der Waals surface area (Å²) in [5, 5.41) is 2.79. The molecule has 1 fully saturated rings. The fourth-order valence-corrected chi connectivity index (χ4v) is 3.73. The molecule has 0 radical (unpaired) electrons.